The third kappa shape index (κ3) is 2.24. The van der Waals surface area contributed by atoms with Crippen molar-refractivity contribution in [2.24, 2.45) is 5.92 Å². The number of aryl methyl sites for hydroxylation is 1. The minimum absolute atomic E-state index is 0.133. The van der Waals surface area contributed by atoms with Crippen LogP contribution in [0.4, 0.5) is 0 Å². The van der Waals surface area contributed by atoms with Crippen molar-refractivity contribution in [2.75, 3.05) is 0 Å². The molecule has 0 radical (unpaired) electrons. The number of aldehydes is 1. The Morgan fingerprint density at radius 2 is 1.79 bits per heavy atom. The maximum atomic E-state index is 11.3. The van der Waals surface area contributed by atoms with Gasteiger partial charge in [-0.3, -0.25) is 4.79 Å². The summed E-state index contributed by atoms with van der Waals surface area (Å²) in [6.45, 7) is 13.7. The highest BCUT2D eigenvalue weighted by Crippen LogP contribution is 2.46. The van der Waals surface area contributed by atoms with E-state index in [1.54, 1.807) is 0 Å². The molecule has 1 atom stereocenters. The second-order valence-electron chi connectivity index (χ2n) is 7.42. The van der Waals surface area contributed by atoms with Crippen molar-refractivity contribution < 1.29 is 4.79 Å². The molecule has 0 spiro atoms. The molecule has 1 aliphatic carbocycles. The Balaban J connectivity index is 2.76. The first-order valence-corrected chi connectivity index (χ1v) is 7.31. The van der Waals surface area contributed by atoms with Gasteiger partial charge >= 0.3 is 0 Å². The molecule has 0 heterocycles. The second-order valence-corrected chi connectivity index (χ2v) is 7.42. The van der Waals surface area contributed by atoms with Crippen LogP contribution in [0, 0.1) is 12.8 Å². The van der Waals surface area contributed by atoms with Crippen molar-refractivity contribution in [1.82, 2.24) is 0 Å². The monoisotopic (exact) mass is 258 g/mol. The standard InChI is InChI=1S/C18H26O/c1-12-9-15-16(10-14(12)11-19)18(5,6)13(2)7-8-17(15,3)4/h9-11,13H,7-8H2,1-6H3. The van der Waals surface area contributed by atoms with Gasteiger partial charge in [-0.05, 0) is 59.3 Å². The number of fused-ring (bicyclic) bond motifs is 1. The second kappa shape index (κ2) is 4.47. The number of rotatable bonds is 1. The van der Waals surface area contributed by atoms with Crippen LogP contribution in [0.5, 0.6) is 0 Å². The van der Waals surface area contributed by atoms with Crippen LogP contribution in [0.15, 0.2) is 12.1 Å². The molecule has 1 heteroatoms. The highest BCUT2D eigenvalue weighted by atomic mass is 16.1. The number of hydrogen-bond donors (Lipinski definition) is 0. The van der Waals surface area contributed by atoms with E-state index in [0.717, 1.165) is 17.4 Å². The minimum atomic E-state index is 0.133. The molecule has 1 unspecified atom stereocenters. The van der Waals surface area contributed by atoms with Crippen LogP contribution in [-0.4, -0.2) is 6.29 Å². The molecule has 0 N–H and O–H groups in total. The molecule has 1 aromatic rings. The Labute approximate surface area is 117 Å². The fourth-order valence-electron chi connectivity index (χ4n) is 3.28. The number of benzene rings is 1. The molecule has 1 aromatic carbocycles. The zero-order valence-corrected chi connectivity index (χ0v) is 13.1. The summed E-state index contributed by atoms with van der Waals surface area (Å²) in [7, 11) is 0. The first kappa shape index (κ1) is 14.3. The molecule has 0 aromatic heterocycles. The van der Waals surface area contributed by atoms with Crippen LogP contribution >= 0.6 is 0 Å². The van der Waals surface area contributed by atoms with Crippen molar-refractivity contribution in [1.29, 1.82) is 0 Å². The Morgan fingerprint density at radius 1 is 1.16 bits per heavy atom. The zero-order chi connectivity index (χ0) is 14.4. The quantitative estimate of drug-likeness (QED) is 0.522. The summed E-state index contributed by atoms with van der Waals surface area (Å²) in [5, 5.41) is 0. The van der Waals surface area contributed by atoms with E-state index in [0.29, 0.717) is 5.92 Å². The predicted molar refractivity (Wildman–Crippen MR) is 81.0 cm³/mol. The maximum Gasteiger partial charge on any atom is 0.150 e. The normalized spacial score (nSPS) is 24.4. The van der Waals surface area contributed by atoms with E-state index in [4.69, 9.17) is 0 Å². The lowest BCUT2D eigenvalue weighted by Crippen LogP contribution is -2.27. The summed E-state index contributed by atoms with van der Waals surface area (Å²) in [6, 6.07) is 4.39. The number of carbonyl (C=O) groups excluding carboxylic acids is 1. The Morgan fingerprint density at radius 3 is 2.37 bits per heavy atom. The summed E-state index contributed by atoms with van der Waals surface area (Å²) in [4.78, 5) is 11.3. The summed E-state index contributed by atoms with van der Waals surface area (Å²) < 4.78 is 0. The highest BCUT2D eigenvalue weighted by Gasteiger charge is 2.38. The van der Waals surface area contributed by atoms with Crippen LogP contribution in [0.1, 0.15) is 74.5 Å². The van der Waals surface area contributed by atoms with Crippen LogP contribution < -0.4 is 0 Å². The Hall–Kier alpha value is -1.11. The van der Waals surface area contributed by atoms with Crippen molar-refractivity contribution in [3.63, 3.8) is 0 Å². The molecule has 0 saturated carbocycles. The van der Waals surface area contributed by atoms with Gasteiger partial charge in [0.25, 0.3) is 0 Å². The average Bonchev–Trinajstić information content (AvgIpc) is 2.40. The smallest absolute Gasteiger partial charge is 0.150 e. The van der Waals surface area contributed by atoms with Gasteiger partial charge in [0, 0.05) is 5.56 Å². The molecular weight excluding hydrogens is 232 g/mol. The lowest BCUT2D eigenvalue weighted by Gasteiger charge is -2.33. The topological polar surface area (TPSA) is 17.1 Å². The van der Waals surface area contributed by atoms with E-state index < -0.39 is 0 Å². The largest absolute Gasteiger partial charge is 0.298 e. The molecule has 0 bridgehead atoms. The molecule has 0 aliphatic heterocycles. The van der Waals surface area contributed by atoms with Crippen LogP contribution in [0.2, 0.25) is 0 Å². The van der Waals surface area contributed by atoms with E-state index >= 15 is 0 Å². The molecule has 0 saturated heterocycles. The SMILES string of the molecule is Cc1cc2c(cc1C=O)C(C)(C)C(C)CCC2(C)C. The van der Waals surface area contributed by atoms with E-state index in [1.807, 2.05) is 6.92 Å². The Kier molecular flexibility index (Phi) is 3.36. The predicted octanol–water partition coefficient (Wildman–Crippen LogP) is 4.79. The molecule has 0 fully saturated rings. The fourth-order valence-corrected chi connectivity index (χ4v) is 3.28. The van der Waals surface area contributed by atoms with Gasteiger partial charge in [0.1, 0.15) is 6.29 Å². The van der Waals surface area contributed by atoms with Crippen molar-refractivity contribution >= 4 is 6.29 Å². The maximum absolute atomic E-state index is 11.3. The number of hydrogen-bond acceptors (Lipinski definition) is 1. The summed E-state index contributed by atoms with van der Waals surface area (Å²) >= 11 is 0. The van der Waals surface area contributed by atoms with Gasteiger partial charge < -0.3 is 0 Å². The first-order valence-electron chi connectivity index (χ1n) is 7.31. The van der Waals surface area contributed by atoms with E-state index in [9.17, 15) is 4.79 Å². The van der Waals surface area contributed by atoms with E-state index in [-0.39, 0.29) is 10.8 Å². The summed E-state index contributed by atoms with van der Waals surface area (Å²) in [5.41, 5.74) is 5.09. The van der Waals surface area contributed by atoms with Crippen LogP contribution in [0.3, 0.4) is 0 Å². The molecular formula is C18H26O. The molecule has 2 rings (SSSR count). The van der Waals surface area contributed by atoms with Crippen molar-refractivity contribution in [3.8, 4) is 0 Å². The van der Waals surface area contributed by atoms with Crippen LogP contribution in [-0.2, 0) is 10.8 Å². The molecule has 0 amide bonds. The average molecular weight is 258 g/mol. The van der Waals surface area contributed by atoms with Gasteiger partial charge in [-0.25, -0.2) is 0 Å². The van der Waals surface area contributed by atoms with Crippen molar-refractivity contribution in [3.05, 3.63) is 34.4 Å². The van der Waals surface area contributed by atoms with Crippen molar-refractivity contribution in [2.45, 2.75) is 65.2 Å². The van der Waals surface area contributed by atoms with Gasteiger partial charge in [-0.2, -0.15) is 0 Å². The third-order valence-electron chi connectivity index (χ3n) is 5.39. The van der Waals surface area contributed by atoms with Gasteiger partial charge in [0.2, 0.25) is 0 Å². The zero-order valence-electron chi connectivity index (χ0n) is 13.1. The summed E-state index contributed by atoms with van der Waals surface area (Å²) in [5.74, 6) is 0.634. The van der Waals surface area contributed by atoms with Crippen LogP contribution in [0.25, 0.3) is 0 Å². The van der Waals surface area contributed by atoms with Gasteiger partial charge in [0.05, 0.1) is 0 Å². The summed E-state index contributed by atoms with van der Waals surface area (Å²) in [6.07, 6.45) is 3.45. The highest BCUT2D eigenvalue weighted by molar-refractivity contribution is 5.78. The van der Waals surface area contributed by atoms with E-state index in [1.165, 1.54) is 24.0 Å². The first-order chi connectivity index (χ1) is 8.70. The lowest BCUT2D eigenvalue weighted by molar-refractivity contribution is 0.112. The fraction of sp³-hybridized carbons (Fsp3) is 0.611. The van der Waals surface area contributed by atoms with Gasteiger partial charge in [-0.1, -0.05) is 40.7 Å². The molecule has 104 valence electrons. The third-order valence-corrected chi connectivity index (χ3v) is 5.39. The van der Waals surface area contributed by atoms with E-state index in [2.05, 4.69) is 46.8 Å². The van der Waals surface area contributed by atoms with Gasteiger partial charge in [0.15, 0.2) is 0 Å². The lowest BCUT2D eigenvalue weighted by atomic mass is 9.71. The molecule has 1 aliphatic rings. The Bertz CT molecular complexity index is 509. The minimum Gasteiger partial charge on any atom is -0.298 e. The molecule has 1 nitrogen and oxygen atoms in total. The number of carbonyl (C=O) groups is 1. The van der Waals surface area contributed by atoms with Gasteiger partial charge in [-0.15, -0.1) is 0 Å². The molecule has 19 heavy (non-hydrogen) atoms.